The number of halogens is 2. The number of rotatable bonds is 0. The molecular weight excluding hydrogens is 359 g/mol. The van der Waals surface area contributed by atoms with E-state index in [1.54, 1.807) is 0 Å². The van der Waals surface area contributed by atoms with Gasteiger partial charge in [-0.3, -0.25) is 12.2 Å². The van der Waals surface area contributed by atoms with Crippen molar-refractivity contribution >= 4 is 18.6 Å². The van der Waals surface area contributed by atoms with Gasteiger partial charge in [0.25, 0.3) is 0 Å². The van der Waals surface area contributed by atoms with Crippen LogP contribution in [0.5, 0.6) is 0 Å². The molecule has 0 radical (unpaired) electrons. The van der Waals surface area contributed by atoms with Gasteiger partial charge in [0.15, 0.2) is 0 Å². The Morgan fingerprint density at radius 1 is 0.783 bits per heavy atom. The van der Waals surface area contributed by atoms with E-state index in [9.17, 15) is 0 Å². The van der Waals surface area contributed by atoms with Gasteiger partial charge in [0, 0.05) is 0 Å². The van der Waals surface area contributed by atoms with Crippen LogP contribution in [0.2, 0.25) is 0 Å². The Bertz CT molecular complexity index is 449. The Balaban J connectivity index is 0.000000360. The van der Waals surface area contributed by atoms with Crippen LogP contribution in [0.4, 0.5) is 0 Å². The molecule has 0 aromatic heterocycles. The Kier molecular flexibility index (Phi) is 10.4. The van der Waals surface area contributed by atoms with Crippen molar-refractivity contribution in [2.24, 2.45) is 10.8 Å². The number of hydrogen-bond donors (Lipinski definition) is 0. The zero-order valence-corrected chi connectivity index (χ0v) is 18.9. The van der Waals surface area contributed by atoms with Crippen molar-refractivity contribution in [3.63, 3.8) is 0 Å². The number of hydrogen-bond acceptors (Lipinski definition) is 0. The van der Waals surface area contributed by atoms with Gasteiger partial charge in [-0.25, -0.2) is 22.3 Å². The minimum absolute atomic E-state index is 0.337. The minimum atomic E-state index is -0.556. The molecule has 0 saturated heterocycles. The summed E-state index contributed by atoms with van der Waals surface area (Å²) in [4.78, 5) is 0. The molecule has 2 aliphatic rings. The molecule has 0 unspecified atom stereocenters. The molecule has 0 bridgehead atoms. The van der Waals surface area contributed by atoms with E-state index in [-0.39, 0.29) is 0 Å². The average Bonchev–Trinajstić information content (AvgIpc) is 2.97. The van der Waals surface area contributed by atoms with E-state index in [0.717, 1.165) is 12.8 Å². The van der Waals surface area contributed by atoms with Crippen molar-refractivity contribution < 1.29 is 17.0 Å². The van der Waals surface area contributed by atoms with E-state index in [0.29, 0.717) is 10.8 Å². The summed E-state index contributed by atoms with van der Waals surface area (Å²) >= 11 is -0.556. The summed E-state index contributed by atoms with van der Waals surface area (Å²) in [5, 5.41) is 0. The summed E-state index contributed by atoms with van der Waals surface area (Å²) in [5.74, 6) is 0. The zero-order valence-electron chi connectivity index (χ0n) is 15.8. The van der Waals surface area contributed by atoms with Crippen LogP contribution < -0.4 is 0 Å². The van der Waals surface area contributed by atoms with Crippen molar-refractivity contribution in [2.45, 2.75) is 68.2 Å². The van der Waals surface area contributed by atoms with Crippen LogP contribution in [0, 0.1) is 23.0 Å². The van der Waals surface area contributed by atoms with Crippen LogP contribution in [0.15, 0.2) is 34.4 Å². The first-order valence-electron chi connectivity index (χ1n) is 7.98. The van der Waals surface area contributed by atoms with E-state index >= 15 is 0 Å². The summed E-state index contributed by atoms with van der Waals surface area (Å²) in [7, 11) is 9.78. The third-order valence-corrected chi connectivity index (χ3v) is 3.97. The van der Waals surface area contributed by atoms with Gasteiger partial charge in [0.2, 0.25) is 0 Å². The van der Waals surface area contributed by atoms with Crippen molar-refractivity contribution in [3.8, 4) is 0 Å². The fourth-order valence-corrected chi connectivity index (χ4v) is 2.83. The third kappa shape index (κ3) is 8.78. The van der Waals surface area contributed by atoms with Crippen LogP contribution in [0.25, 0.3) is 0 Å². The molecule has 3 heteroatoms. The summed E-state index contributed by atoms with van der Waals surface area (Å²) in [6.45, 7) is 17.8. The first kappa shape index (κ1) is 23.3. The predicted octanol–water partition coefficient (Wildman–Crippen LogP) is 7.60. The molecule has 0 N–H and O–H groups in total. The van der Waals surface area contributed by atoms with Crippen molar-refractivity contribution in [3.05, 3.63) is 46.6 Å². The first-order chi connectivity index (χ1) is 10.4. The van der Waals surface area contributed by atoms with E-state index in [1.807, 2.05) is 0 Å². The molecule has 2 rings (SSSR count). The second kappa shape index (κ2) is 10.3. The van der Waals surface area contributed by atoms with E-state index in [2.05, 4.69) is 79.7 Å². The summed E-state index contributed by atoms with van der Waals surface area (Å²) in [5.41, 5.74) is 6.42. The van der Waals surface area contributed by atoms with Crippen molar-refractivity contribution in [2.75, 3.05) is 0 Å². The topological polar surface area (TPSA) is 0 Å². The second-order valence-corrected chi connectivity index (χ2v) is 10.5. The fraction of sp³-hybridized carbons (Fsp3) is 0.600. The molecular formula is C20H30Cl2Ti-2. The summed E-state index contributed by atoms with van der Waals surface area (Å²) in [6, 6.07) is 0. The molecule has 2 aliphatic carbocycles. The molecule has 0 fully saturated rings. The van der Waals surface area contributed by atoms with E-state index < -0.39 is 17.0 Å². The maximum absolute atomic E-state index is 4.89. The molecule has 0 aliphatic heterocycles. The SMILES string of the molecule is CC1=C(C(C)(C)C)CC=[C-]1.CC1=C(C(C)(C)C)CC=[C-]1.[Cl][Ti][Cl]. The Morgan fingerprint density at radius 2 is 1.04 bits per heavy atom. The Labute approximate surface area is 160 Å². The molecule has 0 saturated carbocycles. The van der Waals surface area contributed by atoms with Crippen LogP contribution >= 0.6 is 18.6 Å². The van der Waals surface area contributed by atoms with Gasteiger partial charge < -0.3 is 0 Å². The molecule has 0 aromatic carbocycles. The molecule has 0 heterocycles. The number of allylic oxidation sites excluding steroid dienone is 8. The van der Waals surface area contributed by atoms with Crippen molar-refractivity contribution in [1.29, 1.82) is 0 Å². The van der Waals surface area contributed by atoms with Gasteiger partial charge in [0.05, 0.1) is 0 Å². The van der Waals surface area contributed by atoms with E-state index in [1.165, 1.54) is 22.3 Å². The van der Waals surface area contributed by atoms with Gasteiger partial charge in [0.1, 0.15) is 0 Å². The zero-order chi connectivity index (χ0) is 18.3. The molecule has 0 amide bonds. The quantitative estimate of drug-likeness (QED) is 0.296. The van der Waals surface area contributed by atoms with Gasteiger partial charge in [-0.05, 0) is 0 Å². The summed E-state index contributed by atoms with van der Waals surface area (Å²) < 4.78 is 0. The van der Waals surface area contributed by atoms with Crippen LogP contribution in [-0.2, 0) is 17.0 Å². The van der Waals surface area contributed by atoms with Gasteiger partial charge in [-0.15, -0.1) is 0 Å². The molecule has 0 nitrogen and oxygen atoms in total. The normalized spacial score (nSPS) is 17.0. The molecule has 130 valence electrons. The van der Waals surface area contributed by atoms with Crippen LogP contribution in [0.3, 0.4) is 0 Å². The predicted molar refractivity (Wildman–Crippen MR) is 101 cm³/mol. The molecule has 0 atom stereocenters. The van der Waals surface area contributed by atoms with Gasteiger partial charge in [-0.1, -0.05) is 79.1 Å². The summed E-state index contributed by atoms with van der Waals surface area (Å²) in [6.07, 6.45) is 12.9. The molecule has 0 spiro atoms. The maximum atomic E-state index is 4.89. The Hall–Kier alpha value is 0.254. The first-order valence-corrected chi connectivity index (χ1v) is 12.3. The fourth-order valence-electron chi connectivity index (χ4n) is 2.83. The standard InChI is InChI=1S/2C10H15.2ClH.Ti/c2*1-8-6-5-7-9(8)10(2,3)4;;;/h2*5H,7H2,1-4H3;2*1H;/q2*-1;;;+2/p-2. The van der Waals surface area contributed by atoms with Crippen molar-refractivity contribution in [1.82, 2.24) is 0 Å². The average molecular weight is 389 g/mol. The van der Waals surface area contributed by atoms with Gasteiger partial charge in [-0.2, -0.15) is 12.2 Å². The van der Waals surface area contributed by atoms with E-state index in [4.69, 9.17) is 18.6 Å². The molecule has 0 aromatic rings. The molecule has 23 heavy (non-hydrogen) atoms. The van der Waals surface area contributed by atoms with Gasteiger partial charge >= 0.3 is 35.6 Å². The Morgan fingerprint density at radius 3 is 1.13 bits per heavy atom. The second-order valence-electron chi connectivity index (χ2n) is 7.88. The third-order valence-electron chi connectivity index (χ3n) is 3.97. The van der Waals surface area contributed by atoms with Crippen LogP contribution in [0.1, 0.15) is 68.2 Å². The monoisotopic (exact) mass is 388 g/mol. The van der Waals surface area contributed by atoms with Crippen LogP contribution in [-0.4, -0.2) is 0 Å².